The molecule has 0 radical (unpaired) electrons. The van der Waals surface area contributed by atoms with Gasteiger partial charge in [0.1, 0.15) is 11.7 Å². The fourth-order valence-electron chi connectivity index (χ4n) is 2.83. The van der Waals surface area contributed by atoms with Crippen LogP contribution in [0.1, 0.15) is 27.7 Å². The molecule has 2 N–H and O–H groups in total. The third-order valence-electron chi connectivity index (χ3n) is 4.44. The molecule has 7 nitrogen and oxygen atoms in total. The van der Waals surface area contributed by atoms with Gasteiger partial charge in [-0.05, 0) is 26.0 Å². The second-order valence-electron chi connectivity index (χ2n) is 6.77. The predicted molar refractivity (Wildman–Crippen MR) is 107 cm³/mol. The van der Waals surface area contributed by atoms with Gasteiger partial charge in [-0.15, -0.1) is 0 Å². The molecular formula is C20H22N4O3S. The lowest BCUT2D eigenvalue weighted by atomic mass is 9.72. The van der Waals surface area contributed by atoms with Crippen LogP contribution < -0.4 is 15.4 Å². The molecule has 1 aliphatic rings. The summed E-state index contributed by atoms with van der Waals surface area (Å²) >= 11 is 1.08. The number of nitrogens with zero attached hydrogens (tertiary/aromatic N) is 2. The van der Waals surface area contributed by atoms with Crippen LogP contribution in [-0.2, 0) is 9.59 Å². The Morgan fingerprint density at radius 3 is 2.68 bits per heavy atom. The van der Waals surface area contributed by atoms with E-state index in [2.05, 4.69) is 16.7 Å². The molecular weight excluding hydrogens is 376 g/mol. The van der Waals surface area contributed by atoms with E-state index in [1.54, 1.807) is 39.0 Å². The summed E-state index contributed by atoms with van der Waals surface area (Å²) in [6, 6.07) is 11.2. The highest BCUT2D eigenvalue weighted by atomic mass is 32.2. The Bertz CT molecular complexity index is 895. The molecule has 2 rings (SSSR count). The van der Waals surface area contributed by atoms with Crippen LogP contribution in [0.2, 0.25) is 0 Å². The summed E-state index contributed by atoms with van der Waals surface area (Å²) in [5.74, 6) is -1.16. The molecule has 0 aliphatic carbocycles. The van der Waals surface area contributed by atoms with Gasteiger partial charge >= 0.3 is 0 Å². The number of para-hydroxylation sites is 2. The molecule has 0 saturated heterocycles. The van der Waals surface area contributed by atoms with Gasteiger partial charge in [-0.25, -0.2) is 0 Å². The van der Waals surface area contributed by atoms with Crippen molar-refractivity contribution in [3.8, 4) is 17.9 Å². The minimum absolute atomic E-state index is 0.290. The number of nitriles is 2. The number of hydrogen-bond donors (Lipinski definition) is 2. The summed E-state index contributed by atoms with van der Waals surface area (Å²) in [7, 11) is 0. The van der Waals surface area contributed by atoms with E-state index in [1.807, 2.05) is 19.1 Å². The number of nitrogens with one attached hydrogen (secondary N) is 2. The molecule has 1 aromatic rings. The first kappa shape index (κ1) is 21.3. The van der Waals surface area contributed by atoms with Gasteiger partial charge in [-0.3, -0.25) is 9.59 Å². The molecule has 1 aliphatic heterocycles. The third-order valence-corrected chi connectivity index (χ3v) is 5.55. The summed E-state index contributed by atoms with van der Waals surface area (Å²) in [5.41, 5.74) is -0.0989. The Kier molecular flexibility index (Phi) is 6.71. The van der Waals surface area contributed by atoms with Crippen molar-refractivity contribution in [2.45, 2.75) is 32.9 Å². The minimum Gasteiger partial charge on any atom is -0.492 e. The number of ether oxygens (including phenoxy) is 1. The number of thioether (sulfide) groups is 1. The molecule has 0 saturated carbocycles. The van der Waals surface area contributed by atoms with Gasteiger partial charge in [0.05, 0.1) is 40.3 Å². The number of hydrogen-bond acceptors (Lipinski definition) is 6. The van der Waals surface area contributed by atoms with Crippen molar-refractivity contribution in [1.29, 1.82) is 10.5 Å². The van der Waals surface area contributed by atoms with Crippen LogP contribution in [0.15, 0.2) is 34.9 Å². The highest BCUT2D eigenvalue weighted by Crippen LogP contribution is 2.42. The number of rotatable bonds is 6. The van der Waals surface area contributed by atoms with Crippen LogP contribution in [0, 0.1) is 34.0 Å². The molecule has 0 spiro atoms. The van der Waals surface area contributed by atoms with Crippen molar-refractivity contribution >= 4 is 29.3 Å². The van der Waals surface area contributed by atoms with E-state index < -0.39 is 22.5 Å². The van der Waals surface area contributed by atoms with Crippen LogP contribution in [0.25, 0.3) is 0 Å². The lowest BCUT2D eigenvalue weighted by Crippen LogP contribution is -2.45. The summed E-state index contributed by atoms with van der Waals surface area (Å²) in [5, 5.41) is 24.0. The van der Waals surface area contributed by atoms with Crippen molar-refractivity contribution in [2.75, 3.05) is 11.9 Å². The van der Waals surface area contributed by atoms with Gasteiger partial charge in [0.25, 0.3) is 0 Å². The number of carbonyl (C=O) groups excluding carboxylic acids is 2. The fourth-order valence-corrected chi connectivity index (χ4v) is 3.94. The van der Waals surface area contributed by atoms with Crippen LogP contribution >= 0.6 is 11.8 Å². The summed E-state index contributed by atoms with van der Waals surface area (Å²) in [6.07, 6.45) is 0. The Morgan fingerprint density at radius 1 is 1.39 bits per heavy atom. The van der Waals surface area contributed by atoms with E-state index in [9.17, 15) is 20.1 Å². The SMILES string of the molecule is CCOc1ccccc1NC(=O)[C@H](C)SC1=C(C#N)C(C)(C)[C@H](C#N)C(=O)N1. The highest BCUT2D eigenvalue weighted by molar-refractivity contribution is 8.04. The lowest BCUT2D eigenvalue weighted by molar-refractivity contribution is -0.125. The molecule has 1 heterocycles. The monoisotopic (exact) mass is 398 g/mol. The Labute approximate surface area is 168 Å². The van der Waals surface area contributed by atoms with Gasteiger partial charge < -0.3 is 15.4 Å². The fraction of sp³-hybridized carbons (Fsp3) is 0.400. The molecule has 1 aromatic carbocycles. The maximum atomic E-state index is 12.6. The number of allylic oxidation sites excluding steroid dienone is 1. The van der Waals surface area contributed by atoms with E-state index >= 15 is 0 Å². The summed E-state index contributed by atoms with van der Waals surface area (Å²) < 4.78 is 5.51. The largest absolute Gasteiger partial charge is 0.492 e. The Balaban J connectivity index is 2.22. The second kappa shape index (κ2) is 8.81. The number of carbonyl (C=O) groups is 2. The maximum Gasteiger partial charge on any atom is 0.243 e. The predicted octanol–water partition coefficient (Wildman–Crippen LogP) is 3.18. The van der Waals surface area contributed by atoms with Crippen LogP contribution in [-0.4, -0.2) is 23.7 Å². The molecule has 28 heavy (non-hydrogen) atoms. The van der Waals surface area contributed by atoms with E-state index in [0.717, 1.165) is 11.8 Å². The Morgan fingerprint density at radius 2 is 2.07 bits per heavy atom. The zero-order valence-corrected chi connectivity index (χ0v) is 17.0. The first-order chi connectivity index (χ1) is 13.3. The van der Waals surface area contributed by atoms with Crippen molar-refractivity contribution in [1.82, 2.24) is 5.32 Å². The average Bonchev–Trinajstić information content (AvgIpc) is 2.63. The van der Waals surface area contributed by atoms with Gasteiger partial charge in [0, 0.05) is 5.41 Å². The maximum absolute atomic E-state index is 12.6. The van der Waals surface area contributed by atoms with Crippen molar-refractivity contribution < 1.29 is 14.3 Å². The van der Waals surface area contributed by atoms with E-state index in [1.165, 1.54) is 0 Å². The van der Waals surface area contributed by atoms with Crippen LogP contribution in [0.3, 0.4) is 0 Å². The molecule has 0 unspecified atom stereocenters. The normalized spacial score (nSPS) is 19.1. The van der Waals surface area contributed by atoms with Gasteiger partial charge in [-0.2, -0.15) is 10.5 Å². The summed E-state index contributed by atoms with van der Waals surface area (Å²) in [4.78, 5) is 24.9. The van der Waals surface area contributed by atoms with Crippen LogP contribution in [0.5, 0.6) is 5.75 Å². The van der Waals surface area contributed by atoms with Crippen molar-refractivity contribution in [3.63, 3.8) is 0 Å². The molecule has 0 fully saturated rings. The lowest BCUT2D eigenvalue weighted by Gasteiger charge is -2.35. The molecule has 146 valence electrons. The second-order valence-corrected chi connectivity index (χ2v) is 8.12. The first-order valence-corrected chi connectivity index (χ1v) is 9.68. The van der Waals surface area contributed by atoms with E-state index in [0.29, 0.717) is 23.1 Å². The van der Waals surface area contributed by atoms with Gasteiger partial charge in [0.15, 0.2) is 0 Å². The highest BCUT2D eigenvalue weighted by Gasteiger charge is 2.45. The zero-order valence-electron chi connectivity index (χ0n) is 16.2. The number of amides is 2. The number of anilines is 1. The minimum atomic E-state index is -0.964. The standard InChI is InChI=1S/C20H22N4O3S/c1-5-27-16-9-7-6-8-15(16)23-17(25)12(2)28-19-14(11-22)20(3,4)13(10-21)18(26)24-19/h6-9,12-13H,5H2,1-4H3,(H,23,25)(H,24,26)/t12-,13+/m0/s1. The van der Waals surface area contributed by atoms with Crippen molar-refractivity contribution in [3.05, 3.63) is 34.9 Å². The van der Waals surface area contributed by atoms with Crippen LogP contribution in [0.4, 0.5) is 5.69 Å². The topological polar surface area (TPSA) is 115 Å². The van der Waals surface area contributed by atoms with E-state index in [4.69, 9.17) is 4.74 Å². The molecule has 2 amide bonds. The molecule has 0 bridgehead atoms. The molecule has 8 heteroatoms. The average molecular weight is 398 g/mol. The number of benzene rings is 1. The first-order valence-electron chi connectivity index (χ1n) is 8.80. The van der Waals surface area contributed by atoms with E-state index in [-0.39, 0.29) is 11.5 Å². The Hall–Kier alpha value is -2.97. The smallest absolute Gasteiger partial charge is 0.243 e. The summed E-state index contributed by atoms with van der Waals surface area (Å²) in [6.45, 7) is 7.37. The zero-order chi connectivity index (χ0) is 20.9. The third kappa shape index (κ3) is 4.29. The van der Waals surface area contributed by atoms with Crippen molar-refractivity contribution in [2.24, 2.45) is 11.3 Å². The molecule has 0 aromatic heterocycles. The quantitative estimate of drug-likeness (QED) is 0.760. The van der Waals surface area contributed by atoms with Gasteiger partial charge in [-0.1, -0.05) is 37.7 Å². The molecule has 2 atom stereocenters. The van der Waals surface area contributed by atoms with Gasteiger partial charge in [0.2, 0.25) is 11.8 Å².